The molecule has 1 amide bonds. The number of ether oxygens (including phenoxy) is 1. The fraction of sp³-hybridized carbons (Fsp3) is 0.200. The molecule has 0 radical (unpaired) electrons. The lowest BCUT2D eigenvalue weighted by Crippen LogP contribution is -2.22. The number of rotatable bonds is 6. The van der Waals surface area contributed by atoms with Crippen molar-refractivity contribution in [2.24, 2.45) is 0 Å². The predicted octanol–water partition coefficient (Wildman–Crippen LogP) is 3.35. The first-order valence-corrected chi connectivity index (χ1v) is 9.72. The van der Waals surface area contributed by atoms with Gasteiger partial charge >= 0.3 is 0 Å². The number of carbonyl (C=O) groups excluding carboxylic acids is 1. The molecule has 28 heavy (non-hydrogen) atoms. The minimum Gasteiger partial charge on any atom is -0.497 e. The molecule has 0 fully saturated rings. The van der Waals surface area contributed by atoms with Crippen LogP contribution in [-0.2, 0) is 13.0 Å². The molecule has 7 nitrogen and oxygen atoms in total. The van der Waals surface area contributed by atoms with Gasteiger partial charge in [-0.25, -0.2) is 0 Å². The molecule has 142 valence electrons. The highest BCUT2D eigenvalue weighted by molar-refractivity contribution is 7.19. The molecule has 4 rings (SSSR count). The molecule has 0 bridgehead atoms. The Balaban J connectivity index is 1.42. The fourth-order valence-electron chi connectivity index (χ4n) is 2.79. The molecule has 0 saturated heterocycles. The number of nitrogens with zero attached hydrogens (tertiary/aromatic N) is 4. The van der Waals surface area contributed by atoms with Gasteiger partial charge in [0, 0.05) is 24.1 Å². The number of methoxy groups -OCH3 is 1. The lowest BCUT2D eigenvalue weighted by Gasteiger charge is -2.07. The summed E-state index contributed by atoms with van der Waals surface area (Å²) in [5.74, 6) is 1.46. The number of aromatic nitrogens is 4. The normalized spacial score (nSPS) is 10.9. The Morgan fingerprint density at radius 1 is 1.11 bits per heavy atom. The van der Waals surface area contributed by atoms with Crippen molar-refractivity contribution in [2.45, 2.75) is 19.9 Å². The summed E-state index contributed by atoms with van der Waals surface area (Å²) in [6.45, 7) is 2.49. The highest BCUT2D eigenvalue weighted by Crippen LogP contribution is 2.25. The molecule has 1 N–H and O–H groups in total. The van der Waals surface area contributed by atoms with Gasteiger partial charge in [0.2, 0.25) is 4.96 Å². The zero-order valence-corrected chi connectivity index (χ0v) is 16.4. The zero-order valence-electron chi connectivity index (χ0n) is 15.5. The average molecular weight is 393 g/mol. The number of fused-ring (bicyclic) bond motifs is 1. The fourth-order valence-corrected chi connectivity index (χ4v) is 3.65. The maximum Gasteiger partial charge on any atom is 0.251 e. The number of aryl methyl sites for hydroxylation is 1. The average Bonchev–Trinajstić information content (AvgIpc) is 3.33. The smallest absolute Gasteiger partial charge is 0.251 e. The van der Waals surface area contributed by atoms with E-state index in [1.165, 1.54) is 11.3 Å². The van der Waals surface area contributed by atoms with E-state index in [0.29, 0.717) is 12.1 Å². The van der Waals surface area contributed by atoms with Gasteiger partial charge in [0.25, 0.3) is 5.91 Å². The zero-order chi connectivity index (χ0) is 19.5. The number of nitrogens with one attached hydrogen (secondary N) is 1. The summed E-state index contributed by atoms with van der Waals surface area (Å²) in [5.41, 5.74) is 2.63. The summed E-state index contributed by atoms with van der Waals surface area (Å²) in [6.07, 6.45) is 0.789. The van der Waals surface area contributed by atoms with Crippen molar-refractivity contribution >= 4 is 22.2 Å². The van der Waals surface area contributed by atoms with Crippen molar-refractivity contribution < 1.29 is 9.53 Å². The highest BCUT2D eigenvalue weighted by atomic mass is 32.1. The Bertz CT molecular complexity index is 1100. The molecule has 0 atom stereocenters. The van der Waals surface area contributed by atoms with Crippen molar-refractivity contribution in [3.63, 3.8) is 0 Å². The highest BCUT2D eigenvalue weighted by Gasteiger charge is 2.12. The molecule has 2 aromatic carbocycles. The molecule has 0 saturated carbocycles. The van der Waals surface area contributed by atoms with Crippen LogP contribution >= 0.6 is 11.3 Å². The Kier molecular flexibility index (Phi) is 5.03. The molecule has 0 spiro atoms. The van der Waals surface area contributed by atoms with Crippen LogP contribution in [0.5, 0.6) is 5.75 Å². The maximum absolute atomic E-state index is 12.3. The summed E-state index contributed by atoms with van der Waals surface area (Å²) in [6, 6.07) is 15.0. The number of benzene rings is 2. The van der Waals surface area contributed by atoms with Gasteiger partial charge in [0.1, 0.15) is 10.8 Å². The van der Waals surface area contributed by atoms with Crippen molar-refractivity contribution in [1.82, 2.24) is 25.1 Å². The van der Waals surface area contributed by atoms with Gasteiger partial charge < -0.3 is 10.1 Å². The number of hydrogen-bond acceptors (Lipinski definition) is 6. The van der Waals surface area contributed by atoms with Gasteiger partial charge in [-0.2, -0.15) is 9.61 Å². The van der Waals surface area contributed by atoms with Crippen LogP contribution in [0, 0.1) is 0 Å². The second kappa shape index (κ2) is 7.77. The molecule has 2 heterocycles. The van der Waals surface area contributed by atoms with E-state index >= 15 is 0 Å². The van der Waals surface area contributed by atoms with E-state index in [1.54, 1.807) is 35.9 Å². The summed E-state index contributed by atoms with van der Waals surface area (Å²) in [5, 5.41) is 16.7. The Morgan fingerprint density at radius 2 is 1.86 bits per heavy atom. The molecular formula is C20H19N5O2S. The molecular weight excluding hydrogens is 374 g/mol. The topological polar surface area (TPSA) is 81.4 Å². The lowest BCUT2D eigenvalue weighted by molar-refractivity contribution is 0.0951. The third-order valence-electron chi connectivity index (χ3n) is 4.38. The second-order valence-corrected chi connectivity index (χ2v) is 7.14. The Labute approximate surface area is 166 Å². The van der Waals surface area contributed by atoms with Crippen LogP contribution in [0.2, 0.25) is 0 Å². The van der Waals surface area contributed by atoms with Crippen molar-refractivity contribution in [1.29, 1.82) is 0 Å². The molecule has 8 heteroatoms. The molecule has 4 aromatic rings. The van der Waals surface area contributed by atoms with Crippen molar-refractivity contribution in [3.05, 3.63) is 65.5 Å². The minimum atomic E-state index is -0.118. The first-order valence-electron chi connectivity index (χ1n) is 8.90. The van der Waals surface area contributed by atoms with Gasteiger partial charge in [-0.15, -0.1) is 10.2 Å². The van der Waals surface area contributed by atoms with Crippen LogP contribution in [-0.4, -0.2) is 32.8 Å². The molecule has 2 aromatic heterocycles. The number of hydrogen-bond donors (Lipinski definition) is 1. The SMILES string of the molecule is CCc1nnc2sc(-c3ccc(CNC(=O)c4ccc(OC)cc4)cc3)nn12. The number of carbonyl (C=O) groups is 1. The van der Waals surface area contributed by atoms with Gasteiger partial charge in [0.05, 0.1) is 7.11 Å². The van der Waals surface area contributed by atoms with Crippen molar-refractivity contribution in [3.8, 4) is 16.3 Å². The monoisotopic (exact) mass is 393 g/mol. The standard InChI is InChI=1S/C20H19N5O2S/c1-3-17-22-23-20-25(17)24-19(28-20)15-6-4-13(5-7-15)12-21-18(26)14-8-10-16(27-2)11-9-14/h4-11H,3,12H2,1-2H3,(H,21,26). The molecule has 0 aliphatic carbocycles. The third-order valence-corrected chi connectivity index (χ3v) is 5.33. The first kappa shape index (κ1) is 18.1. The predicted molar refractivity (Wildman–Crippen MR) is 108 cm³/mol. The summed E-state index contributed by atoms with van der Waals surface area (Å²) < 4.78 is 6.90. The van der Waals surface area contributed by atoms with E-state index in [2.05, 4.69) is 20.6 Å². The largest absolute Gasteiger partial charge is 0.497 e. The van der Waals surface area contributed by atoms with Crippen LogP contribution in [0.15, 0.2) is 48.5 Å². The molecule has 0 aliphatic heterocycles. The van der Waals surface area contributed by atoms with Crippen molar-refractivity contribution in [2.75, 3.05) is 7.11 Å². The van der Waals surface area contributed by atoms with E-state index in [0.717, 1.165) is 39.1 Å². The third kappa shape index (κ3) is 3.59. The quantitative estimate of drug-likeness (QED) is 0.543. The van der Waals surface area contributed by atoms with E-state index in [4.69, 9.17) is 4.74 Å². The van der Waals surface area contributed by atoms with Gasteiger partial charge in [-0.05, 0) is 29.8 Å². The van der Waals surface area contributed by atoms with Gasteiger partial charge in [0.15, 0.2) is 5.82 Å². The summed E-state index contributed by atoms with van der Waals surface area (Å²) in [4.78, 5) is 13.1. The summed E-state index contributed by atoms with van der Waals surface area (Å²) >= 11 is 1.51. The Hall–Kier alpha value is -3.26. The lowest BCUT2D eigenvalue weighted by atomic mass is 10.1. The van der Waals surface area contributed by atoms with E-state index < -0.39 is 0 Å². The van der Waals surface area contributed by atoms with Crippen LogP contribution in [0.1, 0.15) is 28.7 Å². The van der Waals surface area contributed by atoms with E-state index in [1.807, 2.05) is 31.2 Å². The van der Waals surface area contributed by atoms with E-state index in [-0.39, 0.29) is 5.91 Å². The summed E-state index contributed by atoms with van der Waals surface area (Å²) in [7, 11) is 1.60. The first-order chi connectivity index (χ1) is 13.7. The molecule has 0 unspecified atom stereocenters. The second-order valence-electron chi connectivity index (χ2n) is 6.18. The van der Waals surface area contributed by atoms with Crippen LogP contribution in [0.4, 0.5) is 0 Å². The maximum atomic E-state index is 12.3. The number of amides is 1. The van der Waals surface area contributed by atoms with E-state index in [9.17, 15) is 4.79 Å². The van der Waals surface area contributed by atoms with Gasteiger partial charge in [-0.1, -0.05) is 42.5 Å². The van der Waals surface area contributed by atoms with Gasteiger partial charge in [-0.3, -0.25) is 4.79 Å². The molecule has 0 aliphatic rings. The minimum absolute atomic E-state index is 0.118. The van der Waals surface area contributed by atoms with Crippen LogP contribution < -0.4 is 10.1 Å². The Morgan fingerprint density at radius 3 is 2.54 bits per heavy atom. The van der Waals surface area contributed by atoms with Crippen LogP contribution in [0.3, 0.4) is 0 Å². The van der Waals surface area contributed by atoms with Crippen LogP contribution in [0.25, 0.3) is 15.5 Å².